The molecule has 0 radical (unpaired) electrons. The van der Waals surface area contributed by atoms with Gasteiger partial charge >= 0.3 is 5.97 Å². The molecular formula is C14H24O5. The molecule has 1 aliphatic heterocycles. The fourth-order valence-corrected chi connectivity index (χ4v) is 2.08. The molecule has 0 amide bonds. The molecule has 0 saturated carbocycles. The highest BCUT2D eigenvalue weighted by atomic mass is 16.5. The molecule has 1 atom stereocenters. The van der Waals surface area contributed by atoms with E-state index in [-0.39, 0.29) is 25.4 Å². The highest BCUT2D eigenvalue weighted by molar-refractivity contribution is 6.04. The number of unbranched alkanes of at least 4 members (excludes halogenated alkanes) is 1. The first-order chi connectivity index (χ1) is 9.17. The van der Waals surface area contributed by atoms with Crippen molar-refractivity contribution in [3.05, 3.63) is 0 Å². The Labute approximate surface area is 114 Å². The molecule has 1 heterocycles. The topological polar surface area (TPSA) is 61.8 Å². The summed E-state index contributed by atoms with van der Waals surface area (Å²) in [6, 6.07) is 0. The number of rotatable bonds is 8. The van der Waals surface area contributed by atoms with Crippen LogP contribution in [0.15, 0.2) is 0 Å². The Hall–Kier alpha value is -0.940. The van der Waals surface area contributed by atoms with Crippen molar-refractivity contribution in [1.29, 1.82) is 0 Å². The summed E-state index contributed by atoms with van der Waals surface area (Å²) in [4.78, 5) is 24.2. The Kier molecular flexibility index (Phi) is 7.02. The second kappa shape index (κ2) is 8.27. The van der Waals surface area contributed by atoms with Crippen molar-refractivity contribution in [3.63, 3.8) is 0 Å². The van der Waals surface area contributed by atoms with Crippen LogP contribution < -0.4 is 0 Å². The highest BCUT2D eigenvalue weighted by Gasteiger charge is 2.48. The molecular weight excluding hydrogens is 248 g/mol. The lowest BCUT2D eigenvalue weighted by Gasteiger charge is -2.33. The van der Waals surface area contributed by atoms with Crippen LogP contribution in [0.5, 0.6) is 0 Å². The minimum Gasteiger partial charge on any atom is -0.465 e. The van der Waals surface area contributed by atoms with Gasteiger partial charge in [0.2, 0.25) is 0 Å². The van der Waals surface area contributed by atoms with Gasteiger partial charge in [0.15, 0.2) is 11.2 Å². The Bertz CT molecular complexity index is 302. The standard InChI is InChI=1S/C14H24O5/c1-3-5-8-17-10-7-14(13(16)19-4-2)11-18-9-6-12(14)15/h3-11H2,1-2H3. The van der Waals surface area contributed by atoms with Gasteiger partial charge in [-0.1, -0.05) is 13.3 Å². The van der Waals surface area contributed by atoms with Crippen LogP contribution in [0.25, 0.3) is 0 Å². The Morgan fingerprint density at radius 3 is 2.79 bits per heavy atom. The van der Waals surface area contributed by atoms with Gasteiger partial charge < -0.3 is 14.2 Å². The van der Waals surface area contributed by atoms with Gasteiger partial charge in [-0.2, -0.15) is 0 Å². The number of Topliss-reactive ketones (excluding diaryl/α,β-unsaturated/α-hetero) is 1. The zero-order valence-corrected chi connectivity index (χ0v) is 11.9. The number of hydrogen-bond acceptors (Lipinski definition) is 5. The van der Waals surface area contributed by atoms with Crippen LogP contribution in [-0.2, 0) is 23.8 Å². The summed E-state index contributed by atoms with van der Waals surface area (Å²) in [7, 11) is 0. The van der Waals surface area contributed by atoms with E-state index in [1.165, 1.54) is 0 Å². The second-order valence-corrected chi connectivity index (χ2v) is 4.74. The number of carbonyl (C=O) groups is 2. The van der Waals surface area contributed by atoms with Crippen molar-refractivity contribution in [1.82, 2.24) is 0 Å². The average molecular weight is 272 g/mol. The molecule has 5 nitrogen and oxygen atoms in total. The maximum Gasteiger partial charge on any atom is 0.322 e. The van der Waals surface area contributed by atoms with Crippen LogP contribution in [-0.4, -0.2) is 44.8 Å². The van der Waals surface area contributed by atoms with Crippen LogP contribution in [0.3, 0.4) is 0 Å². The number of ketones is 1. The normalized spacial score (nSPS) is 23.4. The van der Waals surface area contributed by atoms with Gasteiger partial charge in [0.25, 0.3) is 0 Å². The zero-order chi connectivity index (χ0) is 14.1. The maximum absolute atomic E-state index is 12.1. The van der Waals surface area contributed by atoms with Crippen LogP contribution in [0.2, 0.25) is 0 Å². The molecule has 1 unspecified atom stereocenters. The summed E-state index contributed by atoms with van der Waals surface area (Å²) in [6.07, 6.45) is 2.66. The van der Waals surface area contributed by atoms with Crippen LogP contribution >= 0.6 is 0 Å². The van der Waals surface area contributed by atoms with E-state index >= 15 is 0 Å². The van der Waals surface area contributed by atoms with Gasteiger partial charge in [0.05, 0.1) is 19.8 Å². The van der Waals surface area contributed by atoms with Gasteiger partial charge in [0.1, 0.15) is 0 Å². The quantitative estimate of drug-likeness (QED) is 0.382. The summed E-state index contributed by atoms with van der Waals surface area (Å²) in [5.74, 6) is -0.560. The molecule has 110 valence electrons. The summed E-state index contributed by atoms with van der Waals surface area (Å²) in [5, 5.41) is 0. The summed E-state index contributed by atoms with van der Waals surface area (Å²) in [5.41, 5.74) is -1.15. The van der Waals surface area contributed by atoms with E-state index in [9.17, 15) is 9.59 Å². The molecule has 0 bridgehead atoms. The van der Waals surface area contributed by atoms with E-state index in [4.69, 9.17) is 14.2 Å². The van der Waals surface area contributed by atoms with Gasteiger partial charge in [-0.15, -0.1) is 0 Å². The lowest BCUT2D eigenvalue weighted by molar-refractivity contribution is -0.171. The van der Waals surface area contributed by atoms with E-state index in [1.807, 2.05) is 0 Å². The predicted molar refractivity (Wildman–Crippen MR) is 69.9 cm³/mol. The summed E-state index contributed by atoms with van der Waals surface area (Å²) >= 11 is 0. The molecule has 0 spiro atoms. The molecule has 1 rings (SSSR count). The lowest BCUT2D eigenvalue weighted by Crippen LogP contribution is -2.48. The molecule has 0 N–H and O–H groups in total. The van der Waals surface area contributed by atoms with Crippen molar-refractivity contribution in [2.75, 3.05) is 33.0 Å². The predicted octanol–water partition coefficient (Wildman–Crippen LogP) is 1.73. The number of ether oxygens (including phenoxy) is 3. The Balaban J connectivity index is 2.58. The number of hydrogen-bond donors (Lipinski definition) is 0. The zero-order valence-electron chi connectivity index (χ0n) is 11.9. The SMILES string of the molecule is CCCCOCCC1(C(=O)OCC)COCCC1=O. The molecule has 5 heteroatoms. The minimum atomic E-state index is -1.15. The van der Waals surface area contributed by atoms with Gasteiger partial charge in [-0.3, -0.25) is 9.59 Å². The van der Waals surface area contributed by atoms with E-state index in [2.05, 4.69) is 6.92 Å². The fourth-order valence-electron chi connectivity index (χ4n) is 2.08. The van der Waals surface area contributed by atoms with Crippen LogP contribution in [0, 0.1) is 5.41 Å². The average Bonchev–Trinajstić information content (AvgIpc) is 2.41. The molecule has 0 aromatic carbocycles. The summed E-state index contributed by atoms with van der Waals surface area (Å²) in [6.45, 7) is 5.63. The van der Waals surface area contributed by atoms with Crippen molar-refractivity contribution in [2.24, 2.45) is 5.41 Å². The Morgan fingerprint density at radius 2 is 2.16 bits per heavy atom. The monoisotopic (exact) mass is 272 g/mol. The van der Waals surface area contributed by atoms with E-state index < -0.39 is 11.4 Å². The second-order valence-electron chi connectivity index (χ2n) is 4.74. The largest absolute Gasteiger partial charge is 0.465 e. The molecule has 0 aromatic rings. The van der Waals surface area contributed by atoms with Gasteiger partial charge in [-0.05, 0) is 19.8 Å². The minimum absolute atomic E-state index is 0.0868. The van der Waals surface area contributed by atoms with Gasteiger partial charge in [0, 0.05) is 19.6 Å². The number of esters is 1. The Morgan fingerprint density at radius 1 is 1.37 bits per heavy atom. The van der Waals surface area contributed by atoms with Crippen LogP contribution in [0.1, 0.15) is 39.5 Å². The third-order valence-electron chi connectivity index (χ3n) is 3.34. The first kappa shape index (κ1) is 16.1. The molecule has 0 aromatic heterocycles. The molecule has 1 fully saturated rings. The third kappa shape index (κ3) is 4.28. The molecule has 19 heavy (non-hydrogen) atoms. The highest BCUT2D eigenvalue weighted by Crippen LogP contribution is 2.31. The first-order valence-corrected chi connectivity index (χ1v) is 7.03. The van der Waals surface area contributed by atoms with Crippen molar-refractivity contribution < 1.29 is 23.8 Å². The fraction of sp³-hybridized carbons (Fsp3) is 0.857. The summed E-state index contributed by atoms with van der Waals surface area (Å²) < 4.78 is 15.8. The lowest BCUT2D eigenvalue weighted by atomic mass is 9.78. The van der Waals surface area contributed by atoms with E-state index in [0.29, 0.717) is 26.2 Å². The van der Waals surface area contributed by atoms with Crippen molar-refractivity contribution >= 4 is 11.8 Å². The molecule has 0 aliphatic carbocycles. The molecule has 1 aliphatic rings. The smallest absolute Gasteiger partial charge is 0.322 e. The first-order valence-electron chi connectivity index (χ1n) is 7.03. The maximum atomic E-state index is 12.1. The molecule has 1 saturated heterocycles. The number of carbonyl (C=O) groups excluding carboxylic acids is 2. The van der Waals surface area contributed by atoms with E-state index in [0.717, 1.165) is 12.8 Å². The third-order valence-corrected chi connectivity index (χ3v) is 3.34. The van der Waals surface area contributed by atoms with Crippen molar-refractivity contribution in [2.45, 2.75) is 39.5 Å². The van der Waals surface area contributed by atoms with Crippen LogP contribution in [0.4, 0.5) is 0 Å². The van der Waals surface area contributed by atoms with Gasteiger partial charge in [-0.25, -0.2) is 0 Å². The van der Waals surface area contributed by atoms with E-state index in [1.54, 1.807) is 6.92 Å². The van der Waals surface area contributed by atoms with Crippen molar-refractivity contribution in [3.8, 4) is 0 Å².